The lowest BCUT2D eigenvalue weighted by Crippen LogP contribution is -2.20. The number of hydrogen-bond acceptors (Lipinski definition) is 2. The maximum Gasteiger partial charge on any atom is 0.0376 e. The van der Waals surface area contributed by atoms with Crippen LogP contribution in [-0.2, 0) is 6.42 Å². The zero-order valence-electron chi connectivity index (χ0n) is 10.7. The fourth-order valence-corrected chi connectivity index (χ4v) is 2.55. The van der Waals surface area contributed by atoms with Crippen LogP contribution in [0.15, 0.2) is 47.2 Å². The molecule has 0 aliphatic rings. The Labute approximate surface area is 117 Å². The molecular formula is C15H17BrN2. The molecule has 1 unspecified atom stereocenters. The van der Waals surface area contributed by atoms with Crippen LogP contribution < -0.4 is 5.32 Å². The minimum atomic E-state index is 0.299. The van der Waals surface area contributed by atoms with Crippen molar-refractivity contribution in [2.45, 2.75) is 19.4 Å². The van der Waals surface area contributed by atoms with Gasteiger partial charge in [0.2, 0.25) is 0 Å². The molecule has 94 valence electrons. The highest BCUT2D eigenvalue weighted by atomic mass is 79.9. The van der Waals surface area contributed by atoms with Crippen LogP contribution in [0.3, 0.4) is 0 Å². The maximum atomic E-state index is 4.22. The van der Waals surface area contributed by atoms with Gasteiger partial charge in [0.25, 0.3) is 0 Å². The van der Waals surface area contributed by atoms with Gasteiger partial charge < -0.3 is 5.32 Å². The maximum absolute atomic E-state index is 4.22. The van der Waals surface area contributed by atoms with E-state index in [4.69, 9.17) is 0 Å². The van der Waals surface area contributed by atoms with Crippen molar-refractivity contribution in [1.82, 2.24) is 10.3 Å². The van der Waals surface area contributed by atoms with Gasteiger partial charge in [0, 0.05) is 22.9 Å². The molecule has 2 rings (SSSR count). The first-order chi connectivity index (χ1) is 8.70. The second-order valence-corrected chi connectivity index (χ2v) is 5.32. The molecule has 0 saturated heterocycles. The van der Waals surface area contributed by atoms with E-state index in [9.17, 15) is 0 Å². The molecule has 0 aliphatic carbocycles. The van der Waals surface area contributed by atoms with Gasteiger partial charge in [0.05, 0.1) is 0 Å². The van der Waals surface area contributed by atoms with Crippen LogP contribution in [0.4, 0.5) is 0 Å². The van der Waals surface area contributed by atoms with Gasteiger partial charge in [-0.1, -0.05) is 28.1 Å². The molecule has 1 aromatic carbocycles. The van der Waals surface area contributed by atoms with Crippen molar-refractivity contribution in [2.24, 2.45) is 0 Å². The third-order valence-electron chi connectivity index (χ3n) is 3.13. The van der Waals surface area contributed by atoms with Crippen molar-refractivity contribution in [3.05, 3.63) is 63.9 Å². The summed E-state index contributed by atoms with van der Waals surface area (Å²) in [5.74, 6) is 0. The summed E-state index contributed by atoms with van der Waals surface area (Å²) in [6.45, 7) is 2.13. The first-order valence-electron chi connectivity index (χ1n) is 6.03. The van der Waals surface area contributed by atoms with Gasteiger partial charge in [0.1, 0.15) is 0 Å². The molecular weight excluding hydrogens is 288 g/mol. The van der Waals surface area contributed by atoms with Gasteiger partial charge in [-0.3, -0.25) is 4.98 Å². The Bertz CT molecular complexity index is 525. The second kappa shape index (κ2) is 6.12. The van der Waals surface area contributed by atoms with E-state index in [0.29, 0.717) is 6.04 Å². The number of aromatic nitrogens is 1. The Morgan fingerprint density at radius 1 is 1.33 bits per heavy atom. The molecule has 1 heterocycles. The molecule has 1 N–H and O–H groups in total. The van der Waals surface area contributed by atoms with Crippen molar-refractivity contribution in [1.29, 1.82) is 0 Å². The topological polar surface area (TPSA) is 24.9 Å². The van der Waals surface area contributed by atoms with E-state index in [1.54, 1.807) is 0 Å². The molecule has 0 aliphatic heterocycles. The summed E-state index contributed by atoms with van der Waals surface area (Å²) in [5, 5.41) is 3.37. The van der Waals surface area contributed by atoms with E-state index in [0.717, 1.165) is 10.9 Å². The monoisotopic (exact) mass is 304 g/mol. The van der Waals surface area contributed by atoms with Crippen LogP contribution in [-0.4, -0.2) is 12.0 Å². The smallest absolute Gasteiger partial charge is 0.0376 e. The van der Waals surface area contributed by atoms with Crippen LogP contribution in [0.5, 0.6) is 0 Å². The highest BCUT2D eigenvalue weighted by molar-refractivity contribution is 9.10. The molecule has 2 nitrogen and oxygen atoms in total. The highest BCUT2D eigenvalue weighted by Crippen LogP contribution is 2.22. The lowest BCUT2D eigenvalue weighted by molar-refractivity contribution is 0.586. The van der Waals surface area contributed by atoms with Gasteiger partial charge in [0.15, 0.2) is 0 Å². The molecule has 2 aromatic rings. The largest absolute Gasteiger partial charge is 0.313 e. The quantitative estimate of drug-likeness (QED) is 0.932. The number of likely N-dealkylation sites (N-methyl/N-ethyl adjacent to an activating group) is 1. The third-order valence-corrected chi connectivity index (χ3v) is 3.63. The Kier molecular flexibility index (Phi) is 4.50. The number of nitrogens with zero attached hydrogens (tertiary/aromatic N) is 1. The van der Waals surface area contributed by atoms with E-state index in [1.807, 2.05) is 25.5 Å². The number of nitrogens with one attached hydrogen (secondary N) is 1. The van der Waals surface area contributed by atoms with Gasteiger partial charge in [-0.2, -0.15) is 0 Å². The predicted octanol–water partition coefficient (Wildman–Crippen LogP) is 3.66. The molecule has 0 saturated carbocycles. The predicted molar refractivity (Wildman–Crippen MR) is 78.6 cm³/mol. The van der Waals surface area contributed by atoms with Crippen molar-refractivity contribution in [3.63, 3.8) is 0 Å². The summed E-state index contributed by atoms with van der Waals surface area (Å²) in [4.78, 5) is 4.22. The Hall–Kier alpha value is -1.19. The number of pyridine rings is 1. The molecule has 0 amide bonds. The van der Waals surface area contributed by atoms with Gasteiger partial charge >= 0.3 is 0 Å². The van der Waals surface area contributed by atoms with Crippen molar-refractivity contribution < 1.29 is 0 Å². The van der Waals surface area contributed by atoms with E-state index in [-0.39, 0.29) is 0 Å². The summed E-state index contributed by atoms with van der Waals surface area (Å²) in [6.07, 6.45) is 4.75. The summed E-state index contributed by atoms with van der Waals surface area (Å²) < 4.78 is 1.12. The van der Waals surface area contributed by atoms with E-state index >= 15 is 0 Å². The second-order valence-electron chi connectivity index (χ2n) is 4.41. The number of aryl methyl sites for hydroxylation is 1. The molecule has 0 fully saturated rings. The van der Waals surface area contributed by atoms with Crippen LogP contribution in [0.1, 0.15) is 22.7 Å². The average Bonchev–Trinajstić information content (AvgIpc) is 2.37. The van der Waals surface area contributed by atoms with Crippen LogP contribution >= 0.6 is 15.9 Å². The van der Waals surface area contributed by atoms with Gasteiger partial charge in [-0.05, 0) is 55.3 Å². The van der Waals surface area contributed by atoms with Crippen LogP contribution in [0.2, 0.25) is 0 Å². The standard InChI is InChI=1S/C15H17BrN2/c1-11-6-7-18-10-14(11)15(17-2)9-12-4-3-5-13(16)8-12/h3-8,10,15,17H,9H2,1-2H3. The molecule has 3 heteroatoms. The fraction of sp³-hybridized carbons (Fsp3) is 0.267. The lowest BCUT2D eigenvalue weighted by Gasteiger charge is -2.18. The van der Waals surface area contributed by atoms with E-state index in [2.05, 4.69) is 57.4 Å². The molecule has 1 atom stereocenters. The van der Waals surface area contributed by atoms with Gasteiger partial charge in [-0.25, -0.2) is 0 Å². The van der Waals surface area contributed by atoms with Gasteiger partial charge in [-0.15, -0.1) is 0 Å². The zero-order valence-corrected chi connectivity index (χ0v) is 12.2. The summed E-state index contributed by atoms with van der Waals surface area (Å²) in [6, 6.07) is 10.8. The minimum Gasteiger partial charge on any atom is -0.313 e. The van der Waals surface area contributed by atoms with Crippen LogP contribution in [0.25, 0.3) is 0 Å². The average molecular weight is 305 g/mol. The molecule has 0 bridgehead atoms. The summed E-state index contributed by atoms with van der Waals surface area (Å²) in [5.41, 5.74) is 3.85. The zero-order chi connectivity index (χ0) is 13.0. The first-order valence-corrected chi connectivity index (χ1v) is 6.82. The Morgan fingerprint density at radius 2 is 2.17 bits per heavy atom. The van der Waals surface area contributed by atoms with Crippen molar-refractivity contribution in [3.8, 4) is 0 Å². The fourth-order valence-electron chi connectivity index (χ4n) is 2.11. The SMILES string of the molecule is CNC(Cc1cccc(Br)c1)c1cnccc1C. The number of hydrogen-bond donors (Lipinski definition) is 1. The number of rotatable bonds is 4. The molecule has 0 spiro atoms. The number of halogens is 1. The molecule has 18 heavy (non-hydrogen) atoms. The third kappa shape index (κ3) is 3.18. The summed E-state index contributed by atoms with van der Waals surface area (Å²) in [7, 11) is 2.00. The minimum absolute atomic E-state index is 0.299. The van der Waals surface area contributed by atoms with Crippen molar-refractivity contribution in [2.75, 3.05) is 7.05 Å². The summed E-state index contributed by atoms with van der Waals surface area (Å²) >= 11 is 3.51. The van der Waals surface area contributed by atoms with E-state index in [1.165, 1.54) is 16.7 Å². The molecule has 1 aromatic heterocycles. The Morgan fingerprint density at radius 3 is 2.83 bits per heavy atom. The highest BCUT2D eigenvalue weighted by Gasteiger charge is 2.12. The van der Waals surface area contributed by atoms with Crippen LogP contribution in [0, 0.1) is 6.92 Å². The first kappa shape index (κ1) is 13.2. The lowest BCUT2D eigenvalue weighted by atomic mass is 9.97. The van der Waals surface area contributed by atoms with E-state index < -0.39 is 0 Å². The number of benzene rings is 1. The normalized spacial score (nSPS) is 12.4. The Balaban J connectivity index is 2.23. The van der Waals surface area contributed by atoms with Crippen molar-refractivity contribution >= 4 is 15.9 Å². The molecule has 0 radical (unpaired) electrons.